The molecule has 0 saturated carbocycles. The predicted octanol–water partition coefficient (Wildman–Crippen LogP) is 8.73. The van der Waals surface area contributed by atoms with Gasteiger partial charge in [0.1, 0.15) is 18.5 Å². The fraction of sp³-hybridized carbons (Fsp3) is 0.529. The van der Waals surface area contributed by atoms with Gasteiger partial charge >= 0.3 is 0 Å². The van der Waals surface area contributed by atoms with Crippen LogP contribution < -0.4 is 0 Å². The Bertz CT molecular complexity index is 956. The zero-order chi connectivity index (χ0) is 30.7. The van der Waals surface area contributed by atoms with Crippen LogP contribution in [0, 0.1) is 5.92 Å². The molecule has 0 aliphatic rings. The monoisotopic (exact) mass is 578 g/mol. The summed E-state index contributed by atoms with van der Waals surface area (Å²) in [5.74, 6) is 1.73. The maximum absolute atomic E-state index is 4.14. The average Bonchev–Trinajstić information content (AvgIpc) is 2.91. The molecule has 0 aliphatic carbocycles. The molecular formula is C34H58N8. The summed E-state index contributed by atoms with van der Waals surface area (Å²) in [6, 6.07) is 3.77. The summed E-state index contributed by atoms with van der Waals surface area (Å²) in [5, 5.41) is 0. The minimum absolute atomic E-state index is 0. The SMILES string of the molecule is C.C.CC(C)(C)c1ccncn1.CC(C)(C)c1cncnc1.CC(C)(C)c1ncccn1.CC(C)C.c1cnccn1. The van der Waals surface area contributed by atoms with Gasteiger partial charge in [0.15, 0.2) is 0 Å². The molecule has 0 amide bonds. The van der Waals surface area contributed by atoms with Crippen molar-refractivity contribution in [3.63, 3.8) is 0 Å². The van der Waals surface area contributed by atoms with Crippen molar-refractivity contribution in [2.45, 2.75) is 114 Å². The summed E-state index contributed by atoms with van der Waals surface area (Å²) in [6.45, 7) is 25.6. The van der Waals surface area contributed by atoms with Gasteiger partial charge in [-0.2, -0.15) is 0 Å². The smallest absolute Gasteiger partial charge is 0.133 e. The van der Waals surface area contributed by atoms with Gasteiger partial charge in [-0.25, -0.2) is 29.9 Å². The number of hydrogen-bond acceptors (Lipinski definition) is 8. The second kappa shape index (κ2) is 22.0. The highest BCUT2D eigenvalue weighted by Gasteiger charge is 2.15. The summed E-state index contributed by atoms with van der Waals surface area (Å²) in [5.41, 5.74) is 2.64. The Kier molecular flexibility index (Phi) is 22.4. The fourth-order valence-electron chi connectivity index (χ4n) is 2.36. The van der Waals surface area contributed by atoms with Crippen molar-refractivity contribution in [2.24, 2.45) is 5.92 Å². The molecule has 0 aliphatic heterocycles. The van der Waals surface area contributed by atoms with E-state index in [1.807, 2.05) is 24.5 Å². The van der Waals surface area contributed by atoms with Crippen molar-refractivity contribution in [3.05, 3.63) is 97.6 Å². The van der Waals surface area contributed by atoms with Gasteiger partial charge < -0.3 is 0 Å². The summed E-state index contributed by atoms with van der Waals surface area (Å²) in [4.78, 5) is 31.6. The van der Waals surface area contributed by atoms with E-state index in [-0.39, 0.29) is 31.1 Å². The lowest BCUT2D eigenvalue weighted by Gasteiger charge is -2.16. The third-order valence-corrected chi connectivity index (χ3v) is 4.49. The Hall–Kier alpha value is -3.68. The summed E-state index contributed by atoms with van der Waals surface area (Å²) < 4.78 is 0. The molecule has 0 bridgehead atoms. The molecule has 4 aromatic rings. The van der Waals surface area contributed by atoms with E-state index in [0.29, 0.717) is 0 Å². The van der Waals surface area contributed by atoms with Crippen molar-refractivity contribution in [3.8, 4) is 0 Å². The molecule has 0 atom stereocenters. The van der Waals surface area contributed by atoms with Crippen LogP contribution in [0.2, 0.25) is 0 Å². The van der Waals surface area contributed by atoms with Gasteiger partial charge in [0, 0.05) is 72.3 Å². The topological polar surface area (TPSA) is 103 Å². The Morgan fingerprint density at radius 2 is 0.952 bits per heavy atom. The van der Waals surface area contributed by atoms with Crippen LogP contribution in [0.1, 0.15) is 115 Å². The molecule has 0 aromatic carbocycles. The minimum Gasteiger partial charge on any atom is -0.262 e. The molecule has 42 heavy (non-hydrogen) atoms. The Morgan fingerprint density at radius 3 is 1.19 bits per heavy atom. The van der Waals surface area contributed by atoms with Crippen molar-refractivity contribution in [1.29, 1.82) is 0 Å². The van der Waals surface area contributed by atoms with E-state index in [1.54, 1.807) is 56.0 Å². The molecule has 0 spiro atoms. The molecule has 0 saturated heterocycles. The van der Waals surface area contributed by atoms with Gasteiger partial charge in [0.05, 0.1) is 0 Å². The quantitative estimate of drug-likeness (QED) is 0.204. The standard InChI is InChI=1S/3C8H12N2.C4H4N2.C4H10.2CH4/c1-8(2,3)7-4-9-6-10-5-7;1-8(2,3)7-4-5-9-6-10-7;1-8(2,3)7-9-5-4-6-10-7;1-2-6-4-3-5-1;1-4(2)3;;/h3*4-6H,1-3H3;1-4H;4H,1-3H3;2*1H4. The third kappa shape index (κ3) is 23.1. The van der Waals surface area contributed by atoms with Gasteiger partial charge in [-0.3, -0.25) is 9.97 Å². The highest BCUT2D eigenvalue weighted by Crippen LogP contribution is 2.19. The van der Waals surface area contributed by atoms with Crippen LogP contribution in [-0.4, -0.2) is 39.9 Å². The molecule has 0 fully saturated rings. The van der Waals surface area contributed by atoms with Crippen molar-refractivity contribution >= 4 is 0 Å². The van der Waals surface area contributed by atoms with E-state index < -0.39 is 0 Å². The Balaban J connectivity index is -0.000000461. The van der Waals surface area contributed by atoms with Crippen LogP contribution in [0.3, 0.4) is 0 Å². The number of rotatable bonds is 0. The van der Waals surface area contributed by atoms with Crippen LogP contribution in [0.25, 0.3) is 0 Å². The number of hydrogen-bond donors (Lipinski definition) is 0. The second-order valence-electron chi connectivity index (χ2n) is 12.7. The molecule has 0 N–H and O–H groups in total. The van der Waals surface area contributed by atoms with E-state index in [4.69, 9.17) is 0 Å². The lowest BCUT2D eigenvalue weighted by atomic mass is 9.89. The maximum atomic E-state index is 4.14. The summed E-state index contributed by atoms with van der Waals surface area (Å²) in [7, 11) is 0. The van der Waals surface area contributed by atoms with Gasteiger partial charge in [-0.15, -0.1) is 0 Å². The second-order valence-corrected chi connectivity index (χ2v) is 12.7. The van der Waals surface area contributed by atoms with Gasteiger partial charge in [-0.1, -0.05) is 97.9 Å². The molecule has 0 radical (unpaired) electrons. The first-order chi connectivity index (χ1) is 18.5. The lowest BCUT2D eigenvalue weighted by molar-refractivity contribution is 0.545. The van der Waals surface area contributed by atoms with Crippen molar-refractivity contribution in [2.75, 3.05) is 0 Å². The largest absolute Gasteiger partial charge is 0.262 e. The van der Waals surface area contributed by atoms with E-state index in [2.05, 4.69) is 123 Å². The molecule has 4 rings (SSSR count). The first kappa shape index (κ1) is 42.8. The molecular weight excluding hydrogens is 520 g/mol. The maximum Gasteiger partial charge on any atom is 0.133 e. The number of nitrogens with zero attached hydrogens (tertiary/aromatic N) is 8. The van der Waals surface area contributed by atoms with Gasteiger partial charge in [0.25, 0.3) is 0 Å². The lowest BCUT2D eigenvalue weighted by Crippen LogP contribution is -2.14. The number of aromatic nitrogens is 8. The molecule has 4 heterocycles. The minimum atomic E-state index is 0. The van der Waals surface area contributed by atoms with E-state index in [0.717, 1.165) is 17.4 Å². The normalized spacial score (nSPS) is 10.2. The average molecular weight is 579 g/mol. The van der Waals surface area contributed by atoms with Crippen LogP contribution in [-0.2, 0) is 16.2 Å². The van der Waals surface area contributed by atoms with Gasteiger partial charge in [0.2, 0.25) is 0 Å². The van der Waals surface area contributed by atoms with Crippen molar-refractivity contribution in [1.82, 2.24) is 39.9 Å². The first-order valence-corrected chi connectivity index (χ1v) is 13.5. The van der Waals surface area contributed by atoms with Crippen LogP contribution in [0.15, 0.2) is 80.6 Å². The third-order valence-electron chi connectivity index (χ3n) is 4.49. The van der Waals surface area contributed by atoms with Crippen LogP contribution in [0.5, 0.6) is 0 Å². The Labute approximate surface area is 257 Å². The van der Waals surface area contributed by atoms with E-state index in [1.165, 1.54) is 5.56 Å². The molecule has 8 heteroatoms. The van der Waals surface area contributed by atoms with E-state index in [9.17, 15) is 0 Å². The predicted molar refractivity (Wildman–Crippen MR) is 178 cm³/mol. The molecule has 4 aromatic heterocycles. The van der Waals surface area contributed by atoms with E-state index >= 15 is 0 Å². The zero-order valence-electron chi connectivity index (χ0n) is 26.7. The summed E-state index contributed by atoms with van der Waals surface area (Å²) in [6.07, 6.45) is 18.7. The van der Waals surface area contributed by atoms with Crippen LogP contribution in [0.4, 0.5) is 0 Å². The molecule has 234 valence electrons. The highest BCUT2D eigenvalue weighted by molar-refractivity contribution is 5.13. The van der Waals surface area contributed by atoms with Gasteiger partial charge in [-0.05, 0) is 29.0 Å². The summed E-state index contributed by atoms with van der Waals surface area (Å²) >= 11 is 0. The first-order valence-electron chi connectivity index (χ1n) is 13.5. The Morgan fingerprint density at radius 1 is 0.500 bits per heavy atom. The fourth-order valence-corrected chi connectivity index (χ4v) is 2.36. The molecule has 8 nitrogen and oxygen atoms in total. The molecule has 0 unspecified atom stereocenters. The zero-order valence-corrected chi connectivity index (χ0v) is 26.7. The van der Waals surface area contributed by atoms with Crippen LogP contribution >= 0.6 is 0 Å². The highest BCUT2D eigenvalue weighted by atomic mass is 14.9. The van der Waals surface area contributed by atoms with Crippen molar-refractivity contribution < 1.29 is 0 Å².